The lowest BCUT2D eigenvalue weighted by Crippen LogP contribution is -2.66. The maximum absolute atomic E-state index is 2.78. The molecule has 0 aromatic rings. The van der Waals surface area contributed by atoms with Crippen LogP contribution in [0.3, 0.4) is 0 Å². The van der Waals surface area contributed by atoms with Gasteiger partial charge in [-0.1, -0.05) is 73.6 Å². The van der Waals surface area contributed by atoms with E-state index in [0.29, 0.717) is 4.75 Å². The van der Waals surface area contributed by atoms with Crippen molar-refractivity contribution >= 4 is 8.29 Å². The molecule has 0 aromatic carbocycles. The molecule has 22 heavy (non-hydrogen) atoms. The van der Waals surface area contributed by atoms with Crippen LogP contribution in [0.1, 0.15) is 92.9 Å². The molecule has 2 atom stereocenters. The zero-order valence-electron chi connectivity index (χ0n) is 17.1. The minimum absolute atomic E-state index is 0.584. The summed E-state index contributed by atoms with van der Waals surface area (Å²) in [6.45, 7) is 15.0. The van der Waals surface area contributed by atoms with Gasteiger partial charge in [-0.2, -0.15) is 0 Å². The van der Waals surface area contributed by atoms with E-state index in [4.69, 9.17) is 0 Å². The number of unbranched alkanes of at least 4 members (excludes halogenated alkanes) is 1. The van der Waals surface area contributed by atoms with Gasteiger partial charge in [0.25, 0.3) is 0 Å². The Hall–Kier alpha value is 0.350. The lowest BCUT2D eigenvalue weighted by Gasteiger charge is -2.91. The molecule has 0 nitrogen and oxygen atoms in total. The van der Waals surface area contributed by atoms with Crippen LogP contribution in [-0.4, -0.2) is 34.0 Å². The second-order valence-electron chi connectivity index (χ2n) is 10.1. The summed E-state index contributed by atoms with van der Waals surface area (Å²) in [6, 6.07) is 0. The Balaban J connectivity index is 2.76. The highest BCUT2D eigenvalue weighted by atomic mass is 32.4. The maximum Gasteiger partial charge on any atom is -0.0136 e. The summed E-state index contributed by atoms with van der Waals surface area (Å²) in [5.41, 5.74) is 0. The molecule has 2 unspecified atom stereocenters. The molecule has 136 valence electrons. The van der Waals surface area contributed by atoms with Gasteiger partial charge in [0.15, 0.2) is 0 Å². The molecule has 1 heteroatoms. The molecule has 0 N–H and O–H groups in total. The van der Waals surface area contributed by atoms with E-state index < -0.39 is 8.29 Å². The van der Waals surface area contributed by atoms with E-state index in [-0.39, 0.29) is 0 Å². The van der Waals surface area contributed by atoms with Crippen molar-refractivity contribution in [3.05, 3.63) is 0 Å². The van der Waals surface area contributed by atoms with Crippen LogP contribution < -0.4 is 0 Å². The monoisotopic (exact) mass is 330 g/mol. The van der Waals surface area contributed by atoms with E-state index in [1.807, 2.05) is 0 Å². The Bertz CT molecular complexity index is 371. The summed E-state index contributed by atoms with van der Waals surface area (Å²) in [7, 11) is -1.91. The summed E-state index contributed by atoms with van der Waals surface area (Å²) in [5.74, 6) is 4.00. The van der Waals surface area contributed by atoms with Gasteiger partial charge in [0.1, 0.15) is 0 Å². The molecule has 0 aromatic heterocycles. The Kier molecular flexibility index (Phi) is 5.88. The third-order valence-electron chi connectivity index (χ3n) is 8.83. The minimum Gasteiger partial charge on any atom is -0.272 e. The van der Waals surface area contributed by atoms with E-state index >= 15 is 0 Å². The predicted molar refractivity (Wildman–Crippen MR) is 110 cm³/mol. The molecule has 0 saturated carbocycles. The van der Waals surface area contributed by atoms with Gasteiger partial charge in [-0.05, 0) is 59.2 Å². The largest absolute Gasteiger partial charge is 0.272 e. The highest BCUT2D eigenvalue weighted by molar-refractivity contribution is 8.65. The molecule has 1 rings (SSSR count). The Morgan fingerprint density at radius 2 is 1.55 bits per heavy atom. The summed E-state index contributed by atoms with van der Waals surface area (Å²) < 4.78 is 0.584. The molecular weight excluding hydrogens is 284 g/mol. The van der Waals surface area contributed by atoms with Gasteiger partial charge in [0.05, 0.1) is 0 Å². The lowest BCUT2D eigenvalue weighted by molar-refractivity contribution is 0.431. The molecule has 0 bridgehead atoms. The van der Waals surface area contributed by atoms with E-state index in [0.717, 1.165) is 11.2 Å². The van der Waals surface area contributed by atoms with Crippen LogP contribution in [-0.2, 0) is 0 Å². The second-order valence-corrected chi connectivity index (χ2v) is 19.7. The fourth-order valence-corrected chi connectivity index (χ4v) is 12.6. The Morgan fingerprint density at radius 3 is 1.91 bits per heavy atom. The maximum atomic E-state index is 2.78. The van der Waals surface area contributed by atoms with Gasteiger partial charge in [-0.3, -0.25) is 8.29 Å². The summed E-state index contributed by atoms with van der Waals surface area (Å²) in [5, 5.41) is 0.873. The van der Waals surface area contributed by atoms with Gasteiger partial charge in [-0.15, -0.1) is 0 Å². The van der Waals surface area contributed by atoms with Crippen molar-refractivity contribution in [1.29, 1.82) is 0 Å². The zero-order chi connectivity index (χ0) is 17.1. The quantitative estimate of drug-likeness (QED) is 0.375. The van der Waals surface area contributed by atoms with E-state index in [1.54, 1.807) is 0 Å². The van der Waals surface area contributed by atoms with Crippen molar-refractivity contribution in [2.75, 3.05) is 24.0 Å². The molecule has 0 amide bonds. The molecule has 0 spiro atoms. The molecule has 1 heterocycles. The van der Waals surface area contributed by atoms with Crippen molar-refractivity contribution in [2.45, 2.75) is 103 Å². The lowest BCUT2D eigenvalue weighted by atomic mass is 9.95. The Labute approximate surface area is 141 Å². The van der Waals surface area contributed by atoms with Crippen LogP contribution in [0.15, 0.2) is 0 Å². The van der Waals surface area contributed by atoms with Crippen LogP contribution in [0, 0.1) is 5.92 Å². The van der Waals surface area contributed by atoms with E-state index in [1.165, 1.54) is 62.9 Å². The molecule has 1 saturated heterocycles. The Morgan fingerprint density at radius 1 is 0.955 bits per heavy atom. The SMILES string of the molecule is CCCC(C)CCCCC(C)(CC)S1(C)(C)(C(C)C)CCC1. The van der Waals surface area contributed by atoms with Gasteiger partial charge >= 0.3 is 0 Å². The first-order chi connectivity index (χ1) is 10.0. The third kappa shape index (κ3) is 2.89. The summed E-state index contributed by atoms with van der Waals surface area (Å²) in [6.07, 6.45) is 17.0. The van der Waals surface area contributed by atoms with Crippen molar-refractivity contribution in [3.8, 4) is 0 Å². The van der Waals surface area contributed by atoms with Gasteiger partial charge < -0.3 is 0 Å². The van der Waals surface area contributed by atoms with Crippen LogP contribution >= 0.6 is 8.29 Å². The normalized spacial score (nSPS) is 29.3. The van der Waals surface area contributed by atoms with Gasteiger partial charge in [-0.25, -0.2) is 0 Å². The summed E-state index contributed by atoms with van der Waals surface area (Å²) >= 11 is 0. The van der Waals surface area contributed by atoms with Crippen molar-refractivity contribution < 1.29 is 0 Å². The third-order valence-corrected chi connectivity index (χ3v) is 20.6. The molecule has 0 radical (unpaired) electrons. The fourth-order valence-electron chi connectivity index (χ4n) is 5.36. The van der Waals surface area contributed by atoms with Crippen LogP contribution in [0.25, 0.3) is 0 Å². The van der Waals surface area contributed by atoms with Crippen molar-refractivity contribution in [3.63, 3.8) is 0 Å². The van der Waals surface area contributed by atoms with Crippen LogP contribution in [0.5, 0.6) is 0 Å². The first-order valence-corrected chi connectivity index (χ1v) is 13.7. The molecular formula is C21H46S. The van der Waals surface area contributed by atoms with Crippen LogP contribution in [0.2, 0.25) is 0 Å². The molecule has 1 aliphatic heterocycles. The molecule has 0 aliphatic carbocycles. The zero-order valence-corrected chi connectivity index (χ0v) is 18.0. The standard InChI is InChI=1S/C21H46S/c1-9-14-20(5)15-11-12-16-21(6,10-2)22(7,8,19(3)4)17-13-18-22/h19-20H,9-18H2,1-8H3. The van der Waals surface area contributed by atoms with E-state index in [9.17, 15) is 0 Å². The average Bonchev–Trinajstić information content (AvgIpc) is 2.42. The average molecular weight is 331 g/mol. The number of rotatable bonds is 10. The van der Waals surface area contributed by atoms with Gasteiger partial charge in [0.2, 0.25) is 0 Å². The van der Waals surface area contributed by atoms with Crippen molar-refractivity contribution in [1.82, 2.24) is 0 Å². The smallest absolute Gasteiger partial charge is 0.0136 e. The first-order valence-electron chi connectivity index (χ1n) is 10.0. The first kappa shape index (κ1) is 20.4. The van der Waals surface area contributed by atoms with Crippen LogP contribution in [0.4, 0.5) is 0 Å². The minimum atomic E-state index is -1.91. The fraction of sp³-hybridized carbons (Fsp3) is 1.00. The second kappa shape index (κ2) is 6.34. The highest BCUT2D eigenvalue weighted by Gasteiger charge is 2.68. The number of hydrogen-bond donors (Lipinski definition) is 0. The molecule has 1 aliphatic rings. The van der Waals surface area contributed by atoms with Gasteiger partial charge in [0, 0.05) is 0 Å². The summed E-state index contributed by atoms with van der Waals surface area (Å²) in [4.78, 5) is 0. The topological polar surface area (TPSA) is 0 Å². The predicted octanol–water partition coefficient (Wildman–Crippen LogP) is 7.10. The molecule has 1 fully saturated rings. The van der Waals surface area contributed by atoms with E-state index in [2.05, 4.69) is 54.1 Å². The number of hydrogen-bond acceptors (Lipinski definition) is 0. The highest BCUT2D eigenvalue weighted by Crippen LogP contribution is 2.99. The van der Waals surface area contributed by atoms with Crippen molar-refractivity contribution in [2.24, 2.45) is 5.92 Å².